The average molecular weight is 234 g/mol. The molecule has 0 fully saturated rings. The lowest BCUT2D eigenvalue weighted by molar-refractivity contribution is 0.555. The third kappa shape index (κ3) is 4.70. The summed E-state index contributed by atoms with van der Waals surface area (Å²) in [6, 6.07) is 1.55. The fourth-order valence-electron chi connectivity index (χ4n) is 1.36. The Morgan fingerprint density at radius 2 is 2.35 bits per heavy atom. The van der Waals surface area contributed by atoms with Crippen LogP contribution in [-0.4, -0.2) is 29.9 Å². The first-order chi connectivity index (χ1) is 8.27. The minimum absolute atomic E-state index is 0.100. The van der Waals surface area contributed by atoms with E-state index < -0.39 is 0 Å². The summed E-state index contributed by atoms with van der Waals surface area (Å²) >= 11 is 0. The Hall–Kier alpha value is -1.80. The number of terminal acetylenes is 1. The average Bonchev–Trinajstić information content (AvgIpc) is 2.32. The van der Waals surface area contributed by atoms with Crippen molar-refractivity contribution in [2.75, 3.05) is 25.5 Å². The molecule has 1 rings (SSSR count). The number of nitrogens with zero attached hydrogens (tertiary/aromatic N) is 2. The highest BCUT2D eigenvalue weighted by Crippen LogP contribution is 1.99. The molecule has 0 aliphatic rings. The van der Waals surface area contributed by atoms with E-state index in [0.717, 1.165) is 25.2 Å². The predicted octanol–water partition coefficient (Wildman–Crippen LogP) is 0.288. The number of likely N-dealkylation sites (N-methyl/N-ethyl adjacent to an activating group) is 1. The van der Waals surface area contributed by atoms with Crippen LogP contribution in [0.5, 0.6) is 0 Å². The number of nitrogens with one attached hydrogen (secondary N) is 2. The summed E-state index contributed by atoms with van der Waals surface area (Å²) in [7, 11) is 1.88. The largest absolute Gasteiger partial charge is 0.382 e. The number of hydrogen-bond donors (Lipinski definition) is 2. The van der Waals surface area contributed by atoms with Crippen molar-refractivity contribution in [2.24, 2.45) is 0 Å². The van der Waals surface area contributed by atoms with E-state index in [1.807, 2.05) is 7.05 Å². The molecular formula is C12H18N4O. The molecule has 17 heavy (non-hydrogen) atoms. The number of rotatable bonds is 7. The number of hydrogen-bond acceptors (Lipinski definition) is 4. The van der Waals surface area contributed by atoms with Gasteiger partial charge in [0, 0.05) is 32.1 Å². The van der Waals surface area contributed by atoms with Crippen molar-refractivity contribution in [3.63, 3.8) is 0 Å². The monoisotopic (exact) mass is 234 g/mol. The molecular weight excluding hydrogens is 216 g/mol. The summed E-state index contributed by atoms with van der Waals surface area (Å²) in [5.74, 6) is 2.54. The number of aryl methyl sites for hydroxylation is 1. The summed E-state index contributed by atoms with van der Waals surface area (Å²) in [6.07, 6.45) is 8.25. The Balaban J connectivity index is 2.54. The maximum Gasteiger partial charge on any atom is 0.268 e. The van der Waals surface area contributed by atoms with Crippen LogP contribution >= 0.6 is 0 Å². The first-order valence-electron chi connectivity index (χ1n) is 5.67. The number of anilines is 1. The van der Waals surface area contributed by atoms with E-state index in [4.69, 9.17) is 6.42 Å². The molecule has 0 aliphatic heterocycles. The van der Waals surface area contributed by atoms with E-state index in [0.29, 0.717) is 13.0 Å². The van der Waals surface area contributed by atoms with Crippen LogP contribution in [0.1, 0.15) is 12.8 Å². The first-order valence-corrected chi connectivity index (χ1v) is 5.67. The van der Waals surface area contributed by atoms with Gasteiger partial charge in [0.15, 0.2) is 0 Å². The molecule has 0 atom stereocenters. The van der Waals surface area contributed by atoms with Gasteiger partial charge < -0.3 is 10.6 Å². The molecule has 0 spiro atoms. The molecule has 1 aromatic rings. The molecule has 5 nitrogen and oxygen atoms in total. The van der Waals surface area contributed by atoms with Crippen LogP contribution in [0.25, 0.3) is 0 Å². The molecule has 0 aromatic carbocycles. The van der Waals surface area contributed by atoms with Gasteiger partial charge in [0.25, 0.3) is 5.56 Å². The maximum atomic E-state index is 11.7. The number of unbranched alkanes of at least 4 members (excludes halogenated alkanes) is 1. The Kier molecular flexibility index (Phi) is 5.83. The minimum Gasteiger partial charge on any atom is -0.382 e. The zero-order valence-electron chi connectivity index (χ0n) is 10.1. The van der Waals surface area contributed by atoms with Crippen molar-refractivity contribution in [1.82, 2.24) is 15.1 Å². The van der Waals surface area contributed by atoms with E-state index in [-0.39, 0.29) is 5.56 Å². The van der Waals surface area contributed by atoms with Crippen LogP contribution in [0.15, 0.2) is 17.1 Å². The molecule has 1 aromatic heterocycles. The fraction of sp³-hybridized carbons (Fsp3) is 0.500. The smallest absolute Gasteiger partial charge is 0.268 e. The lowest BCUT2D eigenvalue weighted by Gasteiger charge is -2.07. The second kappa shape index (κ2) is 7.47. The van der Waals surface area contributed by atoms with E-state index >= 15 is 0 Å². The fourth-order valence-corrected chi connectivity index (χ4v) is 1.36. The van der Waals surface area contributed by atoms with Crippen molar-refractivity contribution in [1.29, 1.82) is 0 Å². The Morgan fingerprint density at radius 1 is 1.53 bits per heavy atom. The normalized spacial score (nSPS) is 9.88. The molecule has 1 heterocycles. The summed E-state index contributed by atoms with van der Waals surface area (Å²) < 4.78 is 1.43. The molecule has 2 N–H and O–H groups in total. The van der Waals surface area contributed by atoms with Crippen molar-refractivity contribution in [3.05, 3.63) is 22.6 Å². The highest BCUT2D eigenvalue weighted by Gasteiger charge is 1.99. The molecule has 0 radical (unpaired) electrons. The van der Waals surface area contributed by atoms with Crippen LogP contribution in [0, 0.1) is 12.3 Å². The van der Waals surface area contributed by atoms with Crippen LogP contribution in [-0.2, 0) is 6.54 Å². The first kappa shape index (κ1) is 13.3. The lowest BCUT2D eigenvalue weighted by atomic mass is 10.3. The number of aromatic nitrogens is 2. The highest BCUT2D eigenvalue weighted by atomic mass is 16.1. The zero-order valence-corrected chi connectivity index (χ0v) is 10.1. The SMILES string of the molecule is C#CCCCn1ncc(NCCNC)cc1=O. The van der Waals surface area contributed by atoms with Gasteiger partial charge in [0.2, 0.25) is 0 Å². The quantitative estimate of drug-likeness (QED) is 0.526. The summed E-state index contributed by atoms with van der Waals surface area (Å²) in [5, 5.41) is 10.2. The molecule has 0 bridgehead atoms. The molecule has 92 valence electrons. The lowest BCUT2D eigenvalue weighted by Crippen LogP contribution is -2.24. The zero-order chi connectivity index (χ0) is 12.5. The molecule has 0 aliphatic carbocycles. The second-order valence-corrected chi connectivity index (χ2v) is 3.64. The minimum atomic E-state index is -0.100. The van der Waals surface area contributed by atoms with Gasteiger partial charge in [0.1, 0.15) is 0 Å². The highest BCUT2D eigenvalue weighted by molar-refractivity contribution is 5.38. The van der Waals surface area contributed by atoms with Gasteiger partial charge in [-0.15, -0.1) is 12.3 Å². The molecule has 0 saturated carbocycles. The van der Waals surface area contributed by atoms with Gasteiger partial charge in [-0.1, -0.05) is 0 Å². The Bertz CT molecular complexity index is 433. The van der Waals surface area contributed by atoms with Gasteiger partial charge in [-0.25, -0.2) is 4.68 Å². The summed E-state index contributed by atoms with van der Waals surface area (Å²) in [5.41, 5.74) is 0.648. The van der Waals surface area contributed by atoms with Crippen molar-refractivity contribution < 1.29 is 0 Å². The standard InChI is InChI=1S/C12H18N4O/c1-3-4-5-8-16-12(17)9-11(10-15-16)14-7-6-13-2/h1,9-10,13-14H,4-8H2,2H3. The van der Waals surface area contributed by atoms with Gasteiger partial charge in [-0.05, 0) is 13.5 Å². The molecule has 0 amide bonds. The van der Waals surface area contributed by atoms with E-state index in [1.165, 1.54) is 4.68 Å². The van der Waals surface area contributed by atoms with Gasteiger partial charge in [-0.3, -0.25) is 4.79 Å². The summed E-state index contributed by atoms with van der Waals surface area (Å²) in [6.45, 7) is 2.17. The van der Waals surface area contributed by atoms with Crippen molar-refractivity contribution in [2.45, 2.75) is 19.4 Å². The molecule has 0 unspecified atom stereocenters. The van der Waals surface area contributed by atoms with Crippen molar-refractivity contribution in [3.8, 4) is 12.3 Å². The predicted molar refractivity (Wildman–Crippen MR) is 69.0 cm³/mol. The van der Waals surface area contributed by atoms with E-state index in [2.05, 4.69) is 21.7 Å². The van der Waals surface area contributed by atoms with Crippen LogP contribution in [0.2, 0.25) is 0 Å². The van der Waals surface area contributed by atoms with Gasteiger partial charge in [-0.2, -0.15) is 5.10 Å². The van der Waals surface area contributed by atoms with Crippen LogP contribution in [0.4, 0.5) is 5.69 Å². The third-order valence-corrected chi connectivity index (χ3v) is 2.26. The van der Waals surface area contributed by atoms with Gasteiger partial charge >= 0.3 is 0 Å². The van der Waals surface area contributed by atoms with Gasteiger partial charge in [0.05, 0.1) is 11.9 Å². The topological polar surface area (TPSA) is 59.0 Å². The van der Waals surface area contributed by atoms with E-state index in [1.54, 1.807) is 12.3 Å². The molecule has 5 heteroatoms. The van der Waals surface area contributed by atoms with Crippen LogP contribution < -0.4 is 16.2 Å². The Labute approximate surface area is 101 Å². The van der Waals surface area contributed by atoms with E-state index in [9.17, 15) is 4.79 Å². The second-order valence-electron chi connectivity index (χ2n) is 3.64. The maximum absolute atomic E-state index is 11.7. The third-order valence-electron chi connectivity index (χ3n) is 2.26. The molecule has 0 saturated heterocycles. The summed E-state index contributed by atoms with van der Waals surface area (Å²) in [4.78, 5) is 11.7. The Morgan fingerprint density at radius 3 is 3.00 bits per heavy atom. The van der Waals surface area contributed by atoms with Crippen molar-refractivity contribution >= 4 is 5.69 Å². The van der Waals surface area contributed by atoms with Crippen LogP contribution in [0.3, 0.4) is 0 Å².